The van der Waals surface area contributed by atoms with Gasteiger partial charge in [0.15, 0.2) is 12.0 Å². The number of halogens is 3. The molecule has 0 saturated heterocycles. The summed E-state index contributed by atoms with van der Waals surface area (Å²) in [5.74, 6) is -3.83. The number of hydrogen-bond acceptors (Lipinski definition) is 4. The third kappa shape index (κ3) is 2.87. The molecule has 27 heavy (non-hydrogen) atoms. The lowest BCUT2D eigenvalue weighted by Crippen LogP contribution is -2.45. The van der Waals surface area contributed by atoms with Crippen molar-refractivity contribution in [1.29, 1.82) is 0 Å². The largest absolute Gasteiger partial charge is 0.329 e. The van der Waals surface area contributed by atoms with Crippen LogP contribution in [0.2, 0.25) is 0 Å². The number of para-hydroxylation sites is 1. The Labute approximate surface area is 153 Å². The Morgan fingerprint density at radius 2 is 1.96 bits per heavy atom. The van der Waals surface area contributed by atoms with Crippen molar-refractivity contribution in [2.75, 3.05) is 4.90 Å². The summed E-state index contributed by atoms with van der Waals surface area (Å²) in [6.07, 6.45) is 0.602. The summed E-state index contributed by atoms with van der Waals surface area (Å²) >= 11 is 0. The lowest BCUT2D eigenvalue weighted by Gasteiger charge is -2.37. The molecule has 1 atom stereocenters. The molecule has 4 rings (SSSR count). The van der Waals surface area contributed by atoms with Gasteiger partial charge in [0, 0.05) is 23.5 Å². The summed E-state index contributed by atoms with van der Waals surface area (Å²) in [6, 6.07) is 9.11. The third-order valence-corrected chi connectivity index (χ3v) is 4.44. The van der Waals surface area contributed by atoms with Gasteiger partial charge < -0.3 is 0 Å². The highest BCUT2D eigenvalue weighted by molar-refractivity contribution is 5.93. The summed E-state index contributed by atoms with van der Waals surface area (Å²) in [4.78, 5) is 9.10. The zero-order valence-electron chi connectivity index (χ0n) is 14.6. The minimum Gasteiger partial charge on any atom is -0.295 e. The zero-order valence-corrected chi connectivity index (χ0v) is 14.6. The highest BCUT2D eigenvalue weighted by Crippen LogP contribution is 2.43. The Hall–Kier alpha value is -3.16. The first-order valence-electron chi connectivity index (χ1n) is 8.32. The molecule has 0 bridgehead atoms. The van der Waals surface area contributed by atoms with Crippen molar-refractivity contribution < 1.29 is 13.2 Å². The first-order chi connectivity index (χ1) is 12.9. The zero-order chi connectivity index (χ0) is 19.2. The second kappa shape index (κ2) is 6.22. The molecule has 1 N–H and O–H groups in total. The third-order valence-electron chi connectivity index (χ3n) is 4.44. The fourth-order valence-corrected chi connectivity index (χ4v) is 3.18. The SMILES string of the molecule is Cc1cc(N2c3c(C)cccc3C=NC2C(F)(F)c2ccc(F)cn2)n[nH]1. The Morgan fingerprint density at radius 1 is 1.15 bits per heavy atom. The average molecular weight is 371 g/mol. The minimum absolute atomic E-state index is 0.326. The van der Waals surface area contributed by atoms with Crippen LogP contribution in [0.1, 0.15) is 22.5 Å². The number of fused-ring (bicyclic) bond motifs is 1. The fraction of sp³-hybridized carbons (Fsp3) is 0.211. The quantitative estimate of drug-likeness (QED) is 0.749. The molecule has 138 valence electrons. The molecule has 0 saturated carbocycles. The molecule has 2 aromatic heterocycles. The number of benzene rings is 1. The van der Waals surface area contributed by atoms with Crippen LogP contribution in [-0.2, 0) is 5.92 Å². The van der Waals surface area contributed by atoms with Gasteiger partial charge in [0.1, 0.15) is 11.5 Å². The van der Waals surface area contributed by atoms with Crippen molar-refractivity contribution in [3.05, 3.63) is 70.9 Å². The summed E-state index contributed by atoms with van der Waals surface area (Å²) in [5, 5.41) is 6.95. The van der Waals surface area contributed by atoms with Crippen LogP contribution in [0.4, 0.5) is 24.7 Å². The molecule has 5 nitrogen and oxygen atoms in total. The standard InChI is InChI=1S/C19H16F3N5/c1-11-4-3-5-13-9-24-18(19(21,22)15-7-6-14(20)10-23-15)27(17(11)13)16-8-12(2)25-26-16/h3-10,18H,1-2H3,(H,25,26). The van der Waals surface area contributed by atoms with Crippen LogP contribution in [0.15, 0.2) is 47.6 Å². The normalized spacial score (nSPS) is 16.5. The molecule has 0 fully saturated rings. The van der Waals surface area contributed by atoms with Crippen LogP contribution < -0.4 is 4.90 Å². The number of H-pyrrole nitrogens is 1. The number of hydrogen-bond donors (Lipinski definition) is 1. The van der Waals surface area contributed by atoms with E-state index >= 15 is 8.78 Å². The number of nitrogens with zero attached hydrogens (tertiary/aromatic N) is 4. The Balaban J connectivity index is 1.88. The lowest BCUT2D eigenvalue weighted by atomic mass is 10.0. The number of aryl methyl sites for hydroxylation is 2. The molecule has 3 aromatic rings. The van der Waals surface area contributed by atoms with E-state index in [4.69, 9.17) is 0 Å². The van der Waals surface area contributed by atoms with Gasteiger partial charge in [-0.25, -0.2) is 4.39 Å². The molecule has 0 radical (unpaired) electrons. The number of aliphatic imine (C=N–C) groups is 1. The number of nitrogens with one attached hydrogen (secondary N) is 1. The highest BCUT2D eigenvalue weighted by Gasteiger charge is 2.49. The van der Waals surface area contributed by atoms with Crippen LogP contribution in [0.3, 0.4) is 0 Å². The lowest BCUT2D eigenvalue weighted by molar-refractivity contribution is -0.0329. The van der Waals surface area contributed by atoms with Crippen LogP contribution in [-0.4, -0.2) is 27.6 Å². The Morgan fingerprint density at radius 3 is 2.63 bits per heavy atom. The highest BCUT2D eigenvalue weighted by atomic mass is 19.3. The Kier molecular flexibility index (Phi) is 3.98. The van der Waals surface area contributed by atoms with E-state index in [0.717, 1.165) is 35.2 Å². The molecule has 1 aliphatic heterocycles. The van der Waals surface area contributed by atoms with Crippen LogP contribution in [0.25, 0.3) is 0 Å². The second-order valence-corrected chi connectivity index (χ2v) is 6.43. The molecule has 3 heterocycles. The average Bonchev–Trinajstić information content (AvgIpc) is 3.07. The van der Waals surface area contributed by atoms with E-state index in [1.807, 2.05) is 25.1 Å². The number of aromatic amines is 1. The van der Waals surface area contributed by atoms with E-state index in [1.165, 1.54) is 11.1 Å². The van der Waals surface area contributed by atoms with Gasteiger partial charge in [-0.3, -0.25) is 20.0 Å². The summed E-state index contributed by atoms with van der Waals surface area (Å²) in [6.45, 7) is 3.63. The number of pyridine rings is 1. The van der Waals surface area contributed by atoms with Gasteiger partial charge in [-0.1, -0.05) is 18.2 Å². The maximum atomic E-state index is 15.4. The monoisotopic (exact) mass is 371 g/mol. The van der Waals surface area contributed by atoms with E-state index in [0.29, 0.717) is 11.5 Å². The van der Waals surface area contributed by atoms with Crippen molar-refractivity contribution in [1.82, 2.24) is 15.2 Å². The fourth-order valence-electron chi connectivity index (χ4n) is 3.18. The van der Waals surface area contributed by atoms with E-state index in [-0.39, 0.29) is 0 Å². The maximum absolute atomic E-state index is 15.4. The summed E-state index contributed by atoms with van der Waals surface area (Å²) in [7, 11) is 0. The molecule has 8 heteroatoms. The van der Waals surface area contributed by atoms with Crippen molar-refractivity contribution in [3.63, 3.8) is 0 Å². The molecular weight excluding hydrogens is 355 g/mol. The van der Waals surface area contributed by atoms with Crippen molar-refractivity contribution in [3.8, 4) is 0 Å². The van der Waals surface area contributed by atoms with Gasteiger partial charge in [0.2, 0.25) is 0 Å². The maximum Gasteiger partial charge on any atom is 0.329 e. The molecule has 0 spiro atoms. The molecule has 1 aromatic carbocycles. The molecule has 1 unspecified atom stereocenters. The first kappa shape index (κ1) is 17.3. The van der Waals surface area contributed by atoms with E-state index < -0.39 is 23.6 Å². The van der Waals surface area contributed by atoms with Gasteiger partial charge in [-0.15, -0.1) is 0 Å². The summed E-state index contributed by atoms with van der Waals surface area (Å²) < 4.78 is 43.9. The predicted octanol–water partition coefficient (Wildman–Crippen LogP) is 4.25. The predicted molar refractivity (Wildman–Crippen MR) is 96.1 cm³/mol. The molecule has 1 aliphatic rings. The second-order valence-electron chi connectivity index (χ2n) is 6.43. The smallest absolute Gasteiger partial charge is 0.295 e. The molecule has 0 aliphatic carbocycles. The van der Waals surface area contributed by atoms with Crippen LogP contribution >= 0.6 is 0 Å². The van der Waals surface area contributed by atoms with Crippen LogP contribution in [0, 0.1) is 19.7 Å². The van der Waals surface area contributed by atoms with Crippen molar-refractivity contribution in [2.45, 2.75) is 25.9 Å². The van der Waals surface area contributed by atoms with E-state index in [9.17, 15) is 4.39 Å². The van der Waals surface area contributed by atoms with Crippen molar-refractivity contribution >= 4 is 17.7 Å². The Bertz CT molecular complexity index is 1010. The van der Waals surface area contributed by atoms with Crippen LogP contribution in [0.5, 0.6) is 0 Å². The summed E-state index contributed by atoms with van der Waals surface area (Å²) in [5.41, 5.74) is 2.31. The first-order valence-corrected chi connectivity index (χ1v) is 8.32. The van der Waals surface area contributed by atoms with Gasteiger partial charge in [0.25, 0.3) is 0 Å². The number of alkyl halides is 2. The van der Waals surface area contributed by atoms with Gasteiger partial charge in [-0.2, -0.15) is 13.9 Å². The number of rotatable bonds is 3. The van der Waals surface area contributed by atoms with E-state index in [2.05, 4.69) is 20.2 Å². The van der Waals surface area contributed by atoms with Gasteiger partial charge >= 0.3 is 5.92 Å². The minimum atomic E-state index is -3.48. The van der Waals surface area contributed by atoms with Gasteiger partial charge in [-0.05, 0) is 31.5 Å². The molecule has 0 amide bonds. The van der Waals surface area contributed by atoms with Crippen molar-refractivity contribution in [2.24, 2.45) is 4.99 Å². The van der Waals surface area contributed by atoms with Gasteiger partial charge in [0.05, 0.1) is 11.9 Å². The van der Waals surface area contributed by atoms with E-state index in [1.54, 1.807) is 13.0 Å². The molecular formula is C19H16F3N5. The number of anilines is 2. The topological polar surface area (TPSA) is 57.2 Å². The number of aromatic nitrogens is 3.